The third-order valence-corrected chi connectivity index (χ3v) is 5.84. The van der Waals surface area contributed by atoms with E-state index in [-0.39, 0.29) is 12.3 Å². The summed E-state index contributed by atoms with van der Waals surface area (Å²) >= 11 is 0. The van der Waals surface area contributed by atoms with Crippen LogP contribution in [0.2, 0.25) is 0 Å². The number of hydrogen-bond donors (Lipinski definition) is 1. The molecule has 1 aromatic carbocycles. The second-order valence-electron chi connectivity index (χ2n) is 7.99. The van der Waals surface area contributed by atoms with Gasteiger partial charge in [-0.25, -0.2) is 4.79 Å². The molecule has 1 aliphatic rings. The van der Waals surface area contributed by atoms with Crippen LogP contribution in [0.4, 0.5) is 4.79 Å². The Labute approximate surface area is 180 Å². The number of urea groups is 1. The highest BCUT2D eigenvalue weighted by Crippen LogP contribution is 2.28. The number of rotatable bonds is 5. The van der Waals surface area contributed by atoms with E-state index in [0.717, 1.165) is 27.5 Å². The van der Waals surface area contributed by atoms with E-state index in [0.29, 0.717) is 11.3 Å². The number of pyridine rings is 1. The van der Waals surface area contributed by atoms with Gasteiger partial charge in [-0.2, -0.15) is 0 Å². The van der Waals surface area contributed by atoms with Gasteiger partial charge in [0.15, 0.2) is 11.3 Å². The molecule has 1 aliphatic heterocycles. The van der Waals surface area contributed by atoms with E-state index in [4.69, 9.17) is 0 Å². The summed E-state index contributed by atoms with van der Waals surface area (Å²) in [6.45, 7) is 7.09. The van der Waals surface area contributed by atoms with Gasteiger partial charge in [0.25, 0.3) is 5.91 Å². The number of aryl methyl sites for hydroxylation is 2. The molecule has 3 amide bonds. The predicted molar refractivity (Wildman–Crippen MR) is 116 cm³/mol. The fourth-order valence-corrected chi connectivity index (χ4v) is 4.13. The van der Waals surface area contributed by atoms with Crippen LogP contribution in [-0.4, -0.2) is 38.7 Å². The fraction of sp³-hybridized carbons (Fsp3) is 0.250. The van der Waals surface area contributed by atoms with Gasteiger partial charge in [0, 0.05) is 28.8 Å². The monoisotopic (exact) mass is 416 g/mol. The lowest BCUT2D eigenvalue weighted by molar-refractivity contribution is -0.130. The van der Waals surface area contributed by atoms with E-state index in [1.807, 2.05) is 49.6 Å². The molecule has 7 nitrogen and oxygen atoms in total. The first-order valence-corrected chi connectivity index (χ1v) is 10.1. The highest BCUT2D eigenvalue weighted by Gasteiger charge is 2.50. The number of benzene rings is 1. The van der Waals surface area contributed by atoms with Crippen LogP contribution in [0.25, 0.3) is 5.69 Å². The van der Waals surface area contributed by atoms with Crippen molar-refractivity contribution in [2.24, 2.45) is 0 Å². The molecule has 2 aromatic heterocycles. The van der Waals surface area contributed by atoms with Gasteiger partial charge in [-0.05, 0) is 57.5 Å². The summed E-state index contributed by atoms with van der Waals surface area (Å²) in [4.78, 5) is 44.0. The summed E-state index contributed by atoms with van der Waals surface area (Å²) in [5.74, 6) is -0.779. The van der Waals surface area contributed by atoms with Crippen molar-refractivity contribution >= 4 is 17.7 Å². The molecule has 3 heterocycles. The van der Waals surface area contributed by atoms with E-state index in [1.54, 1.807) is 37.4 Å². The Morgan fingerprint density at radius 1 is 1.06 bits per heavy atom. The van der Waals surface area contributed by atoms with Gasteiger partial charge in [0.05, 0.1) is 12.2 Å². The Hall–Kier alpha value is -3.74. The van der Waals surface area contributed by atoms with Crippen LogP contribution in [0, 0.1) is 20.8 Å². The zero-order valence-corrected chi connectivity index (χ0v) is 18.0. The number of carbonyl (C=O) groups is 3. The number of nitrogens with one attached hydrogen (secondary N) is 1. The lowest BCUT2D eigenvalue weighted by Gasteiger charge is -2.20. The number of para-hydroxylation sites is 1. The van der Waals surface area contributed by atoms with Crippen LogP contribution >= 0.6 is 0 Å². The molecule has 0 bridgehead atoms. The van der Waals surface area contributed by atoms with Gasteiger partial charge in [-0.15, -0.1) is 0 Å². The first-order chi connectivity index (χ1) is 14.7. The van der Waals surface area contributed by atoms with E-state index in [1.165, 1.54) is 0 Å². The van der Waals surface area contributed by atoms with Crippen LogP contribution in [0.5, 0.6) is 0 Å². The SMILES string of the molecule is Cc1ccccc1-n1c(C)cc(C(=O)CN2C(=O)NC(C)(c3ccccn3)C2=O)c1C. The third kappa shape index (κ3) is 3.32. The van der Waals surface area contributed by atoms with Crippen molar-refractivity contribution < 1.29 is 14.4 Å². The fourth-order valence-electron chi connectivity index (χ4n) is 4.13. The molecule has 0 saturated carbocycles. The molecule has 158 valence electrons. The van der Waals surface area contributed by atoms with Crippen molar-refractivity contribution in [1.82, 2.24) is 19.8 Å². The molecule has 1 saturated heterocycles. The maximum Gasteiger partial charge on any atom is 0.325 e. The average molecular weight is 416 g/mol. The molecular weight excluding hydrogens is 392 g/mol. The minimum atomic E-state index is -1.29. The highest BCUT2D eigenvalue weighted by molar-refractivity contribution is 6.11. The molecule has 3 aromatic rings. The topological polar surface area (TPSA) is 84.3 Å². The number of aromatic nitrogens is 2. The Balaban J connectivity index is 1.62. The number of ketones is 1. The highest BCUT2D eigenvalue weighted by atomic mass is 16.2. The van der Waals surface area contributed by atoms with Crippen molar-refractivity contribution in [1.29, 1.82) is 0 Å². The molecule has 4 rings (SSSR count). The zero-order chi connectivity index (χ0) is 22.3. The predicted octanol–water partition coefficient (Wildman–Crippen LogP) is 3.45. The largest absolute Gasteiger partial charge is 0.325 e. The molecule has 0 aliphatic carbocycles. The second-order valence-corrected chi connectivity index (χ2v) is 7.99. The van der Waals surface area contributed by atoms with Crippen LogP contribution in [0.15, 0.2) is 54.7 Å². The number of hydrogen-bond acceptors (Lipinski definition) is 4. The van der Waals surface area contributed by atoms with Crippen molar-refractivity contribution in [3.8, 4) is 5.69 Å². The summed E-state index contributed by atoms with van der Waals surface area (Å²) in [6, 6.07) is 14.3. The molecular formula is C24H24N4O3. The molecule has 31 heavy (non-hydrogen) atoms. The van der Waals surface area contributed by atoms with Gasteiger partial charge in [-0.1, -0.05) is 24.3 Å². The number of Topliss-reactive ketones (excluding diaryl/α,β-unsaturated/α-hetero) is 1. The first-order valence-electron chi connectivity index (χ1n) is 10.1. The normalized spacial score (nSPS) is 18.4. The van der Waals surface area contributed by atoms with Crippen LogP contribution in [0.1, 0.15) is 39.9 Å². The van der Waals surface area contributed by atoms with Crippen molar-refractivity contribution in [3.63, 3.8) is 0 Å². The van der Waals surface area contributed by atoms with Crippen LogP contribution in [-0.2, 0) is 10.3 Å². The third-order valence-electron chi connectivity index (χ3n) is 5.84. The van der Waals surface area contributed by atoms with Gasteiger partial charge in [0.1, 0.15) is 0 Å². The number of imide groups is 1. The average Bonchev–Trinajstić information content (AvgIpc) is 3.17. The first kappa shape index (κ1) is 20.5. The van der Waals surface area contributed by atoms with E-state index in [2.05, 4.69) is 10.3 Å². The van der Waals surface area contributed by atoms with E-state index >= 15 is 0 Å². The summed E-state index contributed by atoms with van der Waals surface area (Å²) in [5, 5.41) is 2.69. The summed E-state index contributed by atoms with van der Waals surface area (Å²) in [5.41, 5.74) is 3.39. The Kier molecular flexibility index (Phi) is 4.97. The van der Waals surface area contributed by atoms with Gasteiger partial charge >= 0.3 is 6.03 Å². The maximum absolute atomic E-state index is 13.1. The summed E-state index contributed by atoms with van der Waals surface area (Å²) < 4.78 is 2.02. The molecule has 1 unspecified atom stereocenters. The van der Waals surface area contributed by atoms with E-state index < -0.39 is 17.5 Å². The summed E-state index contributed by atoms with van der Waals surface area (Å²) in [7, 11) is 0. The number of amides is 3. The number of carbonyl (C=O) groups excluding carboxylic acids is 3. The van der Waals surface area contributed by atoms with Crippen molar-refractivity contribution in [2.45, 2.75) is 33.2 Å². The summed E-state index contributed by atoms with van der Waals surface area (Å²) in [6.07, 6.45) is 1.56. The van der Waals surface area contributed by atoms with Gasteiger partial charge in [-0.3, -0.25) is 19.5 Å². The number of nitrogens with zero attached hydrogens (tertiary/aromatic N) is 3. The van der Waals surface area contributed by atoms with Gasteiger partial charge < -0.3 is 9.88 Å². The smallest absolute Gasteiger partial charge is 0.318 e. The molecule has 1 fully saturated rings. The van der Waals surface area contributed by atoms with Crippen LogP contribution < -0.4 is 5.32 Å². The lowest BCUT2D eigenvalue weighted by atomic mass is 9.97. The van der Waals surface area contributed by atoms with E-state index in [9.17, 15) is 14.4 Å². The van der Waals surface area contributed by atoms with Crippen molar-refractivity contribution in [2.75, 3.05) is 6.54 Å². The minimum Gasteiger partial charge on any atom is -0.318 e. The molecule has 7 heteroatoms. The zero-order valence-electron chi connectivity index (χ0n) is 18.0. The van der Waals surface area contributed by atoms with Gasteiger partial charge in [0.2, 0.25) is 0 Å². The quantitative estimate of drug-likeness (QED) is 0.510. The Morgan fingerprint density at radius 3 is 2.45 bits per heavy atom. The Bertz CT molecular complexity index is 1200. The Morgan fingerprint density at radius 2 is 1.77 bits per heavy atom. The molecule has 1 atom stereocenters. The van der Waals surface area contributed by atoms with Crippen molar-refractivity contribution in [3.05, 3.63) is 82.9 Å². The van der Waals surface area contributed by atoms with Crippen LogP contribution in [0.3, 0.4) is 0 Å². The molecule has 0 radical (unpaired) electrons. The lowest BCUT2D eigenvalue weighted by Crippen LogP contribution is -2.42. The molecule has 1 N–H and O–H groups in total. The second kappa shape index (κ2) is 7.50. The minimum absolute atomic E-state index is 0.290. The maximum atomic E-state index is 13.1. The molecule has 0 spiro atoms. The standard InChI is InChI=1S/C24H24N4O3/c1-15-9-5-6-10-19(15)28-16(2)13-18(17(28)3)20(29)14-27-22(30)24(4,26-23(27)31)21-11-7-8-12-25-21/h5-13H,14H2,1-4H3,(H,26,31).